The summed E-state index contributed by atoms with van der Waals surface area (Å²) in [4.78, 5) is 0.536. The van der Waals surface area contributed by atoms with Crippen LogP contribution >= 0.6 is 27.5 Å². The molecule has 0 saturated heterocycles. The predicted molar refractivity (Wildman–Crippen MR) is 76.9 cm³/mol. The fourth-order valence-electron chi connectivity index (χ4n) is 3.62. The van der Waals surface area contributed by atoms with Crippen LogP contribution < -0.4 is 0 Å². The van der Waals surface area contributed by atoms with Crippen LogP contribution in [0.1, 0.15) is 40.8 Å². The second kappa shape index (κ2) is 4.28. The summed E-state index contributed by atoms with van der Waals surface area (Å²) >= 11 is 10.1. The van der Waals surface area contributed by atoms with E-state index in [0.29, 0.717) is 4.83 Å². The van der Waals surface area contributed by atoms with E-state index in [1.54, 1.807) is 0 Å². The Labute approximate surface area is 117 Å². The first-order valence-corrected chi connectivity index (χ1v) is 7.79. The maximum atomic E-state index is 6.17. The van der Waals surface area contributed by atoms with Gasteiger partial charge in [0.25, 0.3) is 0 Å². The Morgan fingerprint density at radius 1 is 1.18 bits per heavy atom. The van der Waals surface area contributed by atoms with Crippen LogP contribution in [0.15, 0.2) is 12.1 Å². The van der Waals surface area contributed by atoms with Gasteiger partial charge in [-0.05, 0) is 67.2 Å². The number of fused-ring (bicyclic) bond motifs is 1. The monoisotopic (exact) mass is 312 g/mol. The maximum absolute atomic E-state index is 6.17. The summed E-state index contributed by atoms with van der Waals surface area (Å²) in [7, 11) is 0. The van der Waals surface area contributed by atoms with Gasteiger partial charge in [0.05, 0.1) is 0 Å². The second-order valence-electron chi connectivity index (χ2n) is 5.70. The lowest BCUT2D eigenvalue weighted by Crippen LogP contribution is -2.01. The van der Waals surface area contributed by atoms with E-state index in [4.69, 9.17) is 11.6 Å². The van der Waals surface area contributed by atoms with Crippen LogP contribution in [0.2, 0.25) is 5.02 Å². The van der Waals surface area contributed by atoms with E-state index in [0.717, 1.165) is 22.8 Å². The Hall–Kier alpha value is -0.0100. The molecule has 0 amide bonds. The van der Waals surface area contributed by atoms with Crippen LogP contribution in [0.4, 0.5) is 0 Å². The molecule has 1 aromatic carbocycles. The van der Waals surface area contributed by atoms with Crippen molar-refractivity contribution in [2.45, 2.75) is 37.9 Å². The number of rotatable bonds is 2. The molecule has 2 fully saturated rings. The van der Waals surface area contributed by atoms with E-state index in [1.165, 1.54) is 36.0 Å². The topological polar surface area (TPSA) is 0 Å². The largest absolute Gasteiger partial charge is 0.0840 e. The van der Waals surface area contributed by atoms with Gasteiger partial charge in [0.15, 0.2) is 0 Å². The van der Waals surface area contributed by atoms with Crippen molar-refractivity contribution < 1.29 is 0 Å². The zero-order valence-electron chi connectivity index (χ0n) is 10.3. The first kappa shape index (κ1) is 12.0. The van der Waals surface area contributed by atoms with Gasteiger partial charge >= 0.3 is 0 Å². The van der Waals surface area contributed by atoms with Gasteiger partial charge in [0, 0.05) is 9.85 Å². The number of halogens is 2. The van der Waals surface area contributed by atoms with Gasteiger partial charge in [0.1, 0.15) is 0 Å². The minimum atomic E-state index is 0.536. The fraction of sp³-hybridized carbons (Fsp3) is 0.600. The maximum Gasteiger partial charge on any atom is 0.0438 e. The molecular formula is C15H18BrCl. The van der Waals surface area contributed by atoms with Crippen LogP contribution in [0.3, 0.4) is 0 Å². The van der Waals surface area contributed by atoms with E-state index in [-0.39, 0.29) is 0 Å². The SMILES string of the molecule is Cc1cc(C(Br)C2C3CCCC32)c(C)cc1Cl. The van der Waals surface area contributed by atoms with E-state index < -0.39 is 0 Å². The number of hydrogen-bond acceptors (Lipinski definition) is 0. The lowest BCUT2D eigenvalue weighted by molar-refractivity contribution is 0.582. The molecule has 0 N–H and O–H groups in total. The highest BCUT2D eigenvalue weighted by Gasteiger charge is 2.55. The molecule has 3 rings (SSSR count). The van der Waals surface area contributed by atoms with Gasteiger partial charge < -0.3 is 0 Å². The molecule has 2 heteroatoms. The summed E-state index contributed by atoms with van der Waals surface area (Å²) in [5.41, 5.74) is 3.97. The van der Waals surface area contributed by atoms with E-state index >= 15 is 0 Å². The van der Waals surface area contributed by atoms with Crippen molar-refractivity contribution in [3.8, 4) is 0 Å². The molecule has 0 heterocycles. The molecule has 2 aliphatic rings. The highest BCUT2D eigenvalue weighted by Crippen LogP contribution is 2.64. The third-order valence-electron chi connectivity index (χ3n) is 4.66. The second-order valence-corrected chi connectivity index (χ2v) is 7.09. The van der Waals surface area contributed by atoms with Crippen molar-refractivity contribution in [3.05, 3.63) is 33.8 Å². The molecule has 0 bridgehead atoms. The molecule has 0 aromatic heterocycles. The van der Waals surface area contributed by atoms with Crippen LogP contribution in [0.5, 0.6) is 0 Å². The summed E-state index contributed by atoms with van der Waals surface area (Å²) in [6, 6.07) is 4.38. The normalized spacial score (nSPS) is 32.4. The summed E-state index contributed by atoms with van der Waals surface area (Å²) in [5, 5.41) is 0.891. The Kier molecular flexibility index (Phi) is 3.03. The number of hydrogen-bond donors (Lipinski definition) is 0. The lowest BCUT2D eigenvalue weighted by atomic mass is 9.97. The molecule has 2 aliphatic carbocycles. The van der Waals surface area contributed by atoms with Gasteiger partial charge in [-0.25, -0.2) is 0 Å². The number of aryl methyl sites for hydroxylation is 2. The van der Waals surface area contributed by atoms with E-state index in [2.05, 4.69) is 41.9 Å². The van der Waals surface area contributed by atoms with Crippen LogP contribution in [-0.4, -0.2) is 0 Å². The summed E-state index contributed by atoms with van der Waals surface area (Å²) in [6.07, 6.45) is 4.34. The van der Waals surface area contributed by atoms with Crippen molar-refractivity contribution in [1.82, 2.24) is 0 Å². The Balaban J connectivity index is 1.87. The third kappa shape index (κ3) is 1.96. The molecule has 3 atom stereocenters. The van der Waals surface area contributed by atoms with Crippen molar-refractivity contribution in [3.63, 3.8) is 0 Å². The molecule has 0 aliphatic heterocycles. The van der Waals surface area contributed by atoms with E-state index in [1.807, 2.05) is 0 Å². The minimum absolute atomic E-state index is 0.536. The molecule has 3 unspecified atom stereocenters. The zero-order valence-corrected chi connectivity index (χ0v) is 12.7. The van der Waals surface area contributed by atoms with Crippen molar-refractivity contribution in [1.29, 1.82) is 0 Å². The first-order valence-electron chi connectivity index (χ1n) is 6.50. The summed E-state index contributed by atoms with van der Waals surface area (Å²) in [5.74, 6) is 2.87. The number of alkyl halides is 1. The van der Waals surface area contributed by atoms with Gasteiger partial charge in [-0.2, -0.15) is 0 Å². The highest BCUT2D eigenvalue weighted by atomic mass is 79.9. The van der Waals surface area contributed by atoms with Crippen molar-refractivity contribution in [2.24, 2.45) is 17.8 Å². The van der Waals surface area contributed by atoms with Crippen molar-refractivity contribution in [2.75, 3.05) is 0 Å². The molecule has 2 saturated carbocycles. The van der Waals surface area contributed by atoms with Crippen LogP contribution in [-0.2, 0) is 0 Å². The van der Waals surface area contributed by atoms with Gasteiger partial charge in [0.2, 0.25) is 0 Å². The smallest absolute Gasteiger partial charge is 0.0438 e. The Morgan fingerprint density at radius 3 is 2.47 bits per heavy atom. The molecule has 0 spiro atoms. The molecular weight excluding hydrogens is 296 g/mol. The highest BCUT2D eigenvalue weighted by molar-refractivity contribution is 9.09. The van der Waals surface area contributed by atoms with Gasteiger partial charge in [-0.15, -0.1) is 0 Å². The quantitative estimate of drug-likeness (QED) is 0.638. The molecule has 1 aromatic rings. The fourth-order valence-corrected chi connectivity index (χ4v) is 5.11. The Bertz CT molecular complexity index is 444. The number of benzene rings is 1. The van der Waals surface area contributed by atoms with Crippen molar-refractivity contribution >= 4 is 27.5 Å². The predicted octanol–water partition coefficient (Wildman–Crippen LogP) is 5.44. The summed E-state index contributed by atoms with van der Waals surface area (Å²) in [6.45, 7) is 4.27. The third-order valence-corrected chi connectivity index (χ3v) is 6.17. The molecule has 17 heavy (non-hydrogen) atoms. The van der Waals surface area contributed by atoms with Gasteiger partial charge in [-0.1, -0.05) is 40.0 Å². The first-order chi connectivity index (χ1) is 8.09. The van der Waals surface area contributed by atoms with Crippen LogP contribution in [0.25, 0.3) is 0 Å². The Morgan fingerprint density at radius 2 is 1.82 bits per heavy atom. The van der Waals surface area contributed by atoms with E-state index in [9.17, 15) is 0 Å². The molecule has 0 nitrogen and oxygen atoms in total. The zero-order chi connectivity index (χ0) is 12.2. The average Bonchev–Trinajstić information content (AvgIpc) is 2.76. The lowest BCUT2D eigenvalue weighted by Gasteiger charge is -2.16. The average molecular weight is 314 g/mol. The molecule has 0 radical (unpaired) electrons. The summed E-state index contributed by atoms with van der Waals surface area (Å²) < 4.78 is 0. The van der Waals surface area contributed by atoms with Crippen LogP contribution in [0, 0.1) is 31.6 Å². The standard InChI is InChI=1S/C15H18BrCl/c1-8-7-13(17)9(2)6-12(8)15(16)14-10-4-3-5-11(10)14/h6-7,10-11,14-15H,3-5H2,1-2H3. The minimum Gasteiger partial charge on any atom is -0.0840 e. The van der Waals surface area contributed by atoms with Gasteiger partial charge in [-0.3, -0.25) is 0 Å². The molecule has 92 valence electrons.